The van der Waals surface area contributed by atoms with E-state index in [0.717, 1.165) is 0 Å². The first-order valence-corrected chi connectivity index (χ1v) is 7.60. The maximum absolute atomic E-state index is 12.7. The molecule has 0 saturated heterocycles. The molecule has 7 nitrogen and oxygen atoms in total. The van der Waals surface area contributed by atoms with Gasteiger partial charge in [0.05, 0.1) is 5.56 Å². The maximum atomic E-state index is 12.7. The summed E-state index contributed by atoms with van der Waals surface area (Å²) in [7, 11) is 0. The van der Waals surface area contributed by atoms with Crippen LogP contribution in [0, 0.1) is 0 Å². The van der Waals surface area contributed by atoms with Crippen LogP contribution in [0.5, 0.6) is 17.2 Å². The number of esters is 3. The van der Waals surface area contributed by atoms with E-state index in [0.29, 0.717) is 11.3 Å². The first-order chi connectivity index (χ1) is 12.3. The van der Waals surface area contributed by atoms with Gasteiger partial charge in [-0.3, -0.25) is 19.2 Å². The Balaban J connectivity index is 2.35. The summed E-state index contributed by atoms with van der Waals surface area (Å²) in [5.41, 5.74) is 0.422. The van der Waals surface area contributed by atoms with Crippen molar-refractivity contribution < 1.29 is 33.4 Å². The molecular weight excluding hydrogens is 340 g/mol. The Bertz CT molecular complexity index is 866. The first-order valence-electron chi connectivity index (χ1n) is 7.60. The summed E-state index contributed by atoms with van der Waals surface area (Å²) in [4.78, 5) is 46.0. The molecule has 2 aromatic carbocycles. The first kappa shape index (κ1) is 18.9. The molecule has 0 aliphatic heterocycles. The van der Waals surface area contributed by atoms with Crippen molar-refractivity contribution in [2.45, 2.75) is 20.8 Å². The zero-order valence-electron chi connectivity index (χ0n) is 14.4. The quantitative estimate of drug-likeness (QED) is 0.462. The normalized spacial score (nSPS) is 9.96. The standard InChI is InChI=1S/C19H16O7/c1-11(20)24-15-6-4-14(5-7-15)19(23)17-9-8-16(25-12(2)21)10-18(17)26-13(3)22/h4-10H,1-3H3. The van der Waals surface area contributed by atoms with E-state index in [-0.39, 0.29) is 17.1 Å². The van der Waals surface area contributed by atoms with Crippen LogP contribution < -0.4 is 14.2 Å². The molecule has 0 fully saturated rings. The molecule has 0 aliphatic carbocycles. The molecule has 0 radical (unpaired) electrons. The van der Waals surface area contributed by atoms with E-state index >= 15 is 0 Å². The van der Waals surface area contributed by atoms with Crippen LogP contribution in [0.15, 0.2) is 42.5 Å². The topological polar surface area (TPSA) is 96.0 Å². The van der Waals surface area contributed by atoms with E-state index in [9.17, 15) is 19.2 Å². The zero-order valence-corrected chi connectivity index (χ0v) is 14.4. The molecule has 2 aromatic rings. The Morgan fingerprint density at radius 2 is 1.15 bits per heavy atom. The average Bonchev–Trinajstić information content (AvgIpc) is 2.53. The molecular formula is C19H16O7. The molecule has 2 rings (SSSR count). The fourth-order valence-electron chi connectivity index (χ4n) is 2.15. The molecule has 0 heterocycles. The van der Waals surface area contributed by atoms with Gasteiger partial charge in [-0.1, -0.05) is 0 Å². The SMILES string of the molecule is CC(=O)Oc1ccc(C(=O)c2ccc(OC(C)=O)cc2OC(C)=O)cc1. The van der Waals surface area contributed by atoms with Gasteiger partial charge in [0.2, 0.25) is 0 Å². The second-order valence-electron chi connectivity index (χ2n) is 5.29. The van der Waals surface area contributed by atoms with Crippen molar-refractivity contribution in [2.24, 2.45) is 0 Å². The van der Waals surface area contributed by atoms with Gasteiger partial charge in [0.1, 0.15) is 17.2 Å². The molecule has 7 heteroatoms. The molecule has 0 unspecified atom stereocenters. The van der Waals surface area contributed by atoms with Crippen molar-refractivity contribution in [1.82, 2.24) is 0 Å². The molecule has 26 heavy (non-hydrogen) atoms. The minimum Gasteiger partial charge on any atom is -0.427 e. The van der Waals surface area contributed by atoms with Gasteiger partial charge in [-0.05, 0) is 36.4 Å². The molecule has 0 amide bonds. The molecule has 0 N–H and O–H groups in total. The molecule has 0 aliphatic rings. The highest BCUT2D eigenvalue weighted by Crippen LogP contribution is 2.28. The zero-order chi connectivity index (χ0) is 19.3. The average molecular weight is 356 g/mol. The van der Waals surface area contributed by atoms with Gasteiger partial charge in [-0.2, -0.15) is 0 Å². The Labute approximate surface area is 149 Å². The Hall–Kier alpha value is -3.48. The lowest BCUT2D eigenvalue weighted by atomic mass is 10.0. The van der Waals surface area contributed by atoms with Crippen molar-refractivity contribution in [3.8, 4) is 17.2 Å². The van der Waals surface area contributed by atoms with E-state index in [1.807, 2.05) is 0 Å². The number of rotatable bonds is 5. The van der Waals surface area contributed by atoms with Crippen LogP contribution in [0.1, 0.15) is 36.7 Å². The van der Waals surface area contributed by atoms with Crippen LogP contribution in [-0.4, -0.2) is 23.7 Å². The van der Waals surface area contributed by atoms with Gasteiger partial charge in [0.25, 0.3) is 0 Å². The third-order valence-corrected chi connectivity index (χ3v) is 3.09. The second kappa shape index (κ2) is 8.06. The Morgan fingerprint density at radius 1 is 0.654 bits per heavy atom. The van der Waals surface area contributed by atoms with Gasteiger partial charge in [-0.25, -0.2) is 0 Å². The van der Waals surface area contributed by atoms with E-state index in [2.05, 4.69) is 0 Å². The number of carbonyl (C=O) groups excluding carboxylic acids is 4. The third kappa shape index (κ3) is 5.01. The lowest BCUT2D eigenvalue weighted by molar-refractivity contribution is -0.133. The summed E-state index contributed by atoms with van der Waals surface area (Å²) in [6.45, 7) is 3.70. The minimum absolute atomic E-state index is 0.0229. The van der Waals surface area contributed by atoms with Crippen molar-refractivity contribution in [1.29, 1.82) is 0 Å². The Morgan fingerprint density at radius 3 is 1.69 bits per heavy atom. The summed E-state index contributed by atoms with van der Waals surface area (Å²) in [5, 5.41) is 0. The van der Waals surface area contributed by atoms with E-state index in [1.54, 1.807) is 0 Å². The van der Waals surface area contributed by atoms with Crippen molar-refractivity contribution in [3.05, 3.63) is 53.6 Å². The number of hydrogen-bond acceptors (Lipinski definition) is 7. The number of ketones is 1. The van der Waals surface area contributed by atoms with E-state index in [1.165, 1.54) is 63.2 Å². The maximum Gasteiger partial charge on any atom is 0.308 e. The molecule has 0 aromatic heterocycles. The highest BCUT2D eigenvalue weighted by molar-refractivity contribution is 6.11. The molecule has 0 spiro atoms. The van der Waals surface area contributed by atoms with Gasteiger partial charge < -0.3 is 14.2 Å². The van der Waals surface area contributed by atoms with Crippen LogP contribution >= 0.6 is 0 Å². The fourth-order valence-corrected chi connectivity index (χ4v) is 2.15. The lowest BCUT2D eigenvalue weighted by Gasteiger charge is -2.11. The summed E-state index contributed by atoms with van der Waals surface area (Å²) in [5.74, 6) is -1.62. The van der Waals surface area contributed by atoms with Crippen molar-refractivity contribution >= 4 is 23.7 Å². The summed E-state index contributed by atoms with van der Waals surface area (Å²) in [6.07, 6.45) is 0. The number of ether oxygens (including phenoxy) is 3. The molecule has 0 bridgehead atoms. The monoisotopic (exact) mass is 356 g/mol. The largest absolute Gasteiger partial charge is 0.427 e. The van der Waals surface area contributed by atoms with Crippen LogP contribution in [0.4, 0.5) is 0 Å². The van der Waals surface area contributed by atoms with Gasteiger partial charge in [0, 0.05) is 32.4 Å². The summed E-state index contributed by atoms with van der Waals surface area (Å²) in [6, 6.07) is 10.0. The minimum atomic E-state index is -0.621. The second-order valence-corrected chi connectivity index (χ2v) is 5.29. The molecule has 0 saturated carbocycles. The van der Waals surface area contributed by atoms with Crippen molar-refractivity contribution in [3.63, 3.8) is 0 Å². The van der Waals surface area contributed by atoms with Crippen LogP contribution in [0.3, 0.4) is 0 Å². The number of carbonyl (C=O) groups is 4. The van der Waals surface area contributed by atoms with Gasteiger partial charge >= 0.3 is 17.9 Å². The number of benzene rings is 2. The molecule has 134 valence electrons. The van der Waals surface area contributed by atoms with E-state index in [4.69, 9.17) is 14.2 Å². The predicted molar refractivity (Wildman–Crippen MR) is 90.2 cm³/mol. The van der Waals surface area contributed by atoms with E-state index < -0.39 is 23.7 Å². The van der Waals surface area contributed by atoms with Gasteiger partial charge in [0.15, 0.2) is 5.78 Å². The third-order valence-electron chi connectivity index (χ3n) is 3.09. The smallest absolute Gasteiger partial charge is 0.308 e. The molecule has 0 atom stereocenters. The summed E-state index contributed by atoms with van der Waals surface area (Å²) >= 11 is 0. The highest BCUT2D eigenvalue weighted by Gasteiger charge is 2.18. The summed E-state index contributed by atoms with van der Waals surface area (Å²) < 4.78 is 14.9. The van der Waals surface area contributed by atoms with Crippen LogP contribution in [0.2, 0.25) is 0 Å². The van der Waals surface area contributed by atoms with Crippen LogP contribution in [0.25, 0.3) is 0 Å². The van der Waals surface area contributed by atoms with Crippen molar-refractivity contribution in [2.75, 3.05) is 0 Å². The highest BCUT2D eigenvalue weighted by atomic mass is 16.5. The van der Waals surface area contributed by atoms with Crippen LogP contribution in [-0.2, 0) is 14.4 Å². The fraction of sp³-hybridized carbons (Fsp3) is 0.158. The lowest BCUT2D eigenvalue weighted by Crippen LogP contribution is -2.10. The van der Waals surface area contributed by atoms with Gasteiger partial charge in [-0.15, -0.1) is 0 Å². The Kier molecular flexibility index (Phi) is 5.85. The number of hydrogen-bond donors (Lipinski definition) is 0. The predicted octanol–water partition coefficient (Wildman–Crippen LogP) is 2.69.